The summed E-state index contributed by atoms with van der Waals surface area (Å²) in [5.41, 5.74) is 4.05. The lowest BCUT2D eigenvalue weighted by Crippen LogP contribution is -2.41. The summed E-state index contributed by atoms with van der Waals surface area (Å²) in [5, 5.41) is 3.13. The highest BCUT2D eigenvalue weighted by Gasteiger charge is 2.27. The number of benzene rings is 2. The number of nitrogens with zero attached hydrogens (tertiary/aromatic N) is 2. The minimum absolute atomic E-state index is 0.0959. The number of anilines is 4. The van der Waals surface area contributed by atoms with E-state index in [-0.39, 0.29) is 5.91 Å². The van der Waals surface area contributed by atoms with Crippen LogP contribution in [0, 0.1) is 0 Å². The van der Waals surface area contributed by atoms with Gasteiger partial charge in [0.1, 0.15) is 6.54 Å². The lowest BCUT2D eigenvalue weighted by Gasteiger charge is -2.35. The summed E-state index contributed by atoms with van der Waals surface area (Å²) < 4.78 is 0. The Kier molecular flexibility index (Phi) is 3.06. The predicted molar refractivity (Wildman–Crippen MR) is 82.8 cm³/mol. The van der Waals surface area contributed by atoms with Crippen LogP contribution >= 0.6 is 0 Å². The average molecular weight is 267 g/mol. The van der Waals surface area contributed by atoms with Crippen LogP contribution in [0.1, 0.15) is 0 Å². The van der Waals surface area contributed by atoms with E-state index in [1.54, 1.807) is 4.90 Å². The van der Waals surface area contributed by atoms with Crippen molar-refractivity contribution in [2.45, 2.75) is 0 Å². The highest BCUT2D eigenvalue weighted by Crippen LogP contribution is 2.37. The van der Waals surface area contributed by atoms with Gasteiger partial charge in [-0.05, 0) is 30.3 Å². The Morgan fingerprint density at radius 2 is 1.80 bits per heavy atom. The minimum atomic E-state index is 0.0959. The second-order valence-corrected chi connectivity index (χ2v) is 4.83. The number of carbonyl (C=O) groups excluding carboxylic acids is 1. The van der Waals surface area contributed by atoms with Gasteiger partial charge in [-0.2, -0.15) is 0 Å². The molecule has 0 fully saturated rings. The van der Waals surface area contributed by atoms with Crippen molar-refractivity contribution in [3.63, 3.8) is 0 Å². The van der Waals surface area contributed by atoms with Crippen molar-refractivity contribution >= 4 is 28.7 Å². The average Bonchev–Trinajstić information content (AvgIpc) is 2.51. The molecule has 0 atom stereocenters. The number of rotatable bonds is 2. The summed E-state index contributed by atoms with van der Waals surface area (Å²) in [4.78, 5) is 15.9. The van der Waals surface area contributed by atoms with E-state index in [0.29, 0.717) is 6.54 Å². The summed E-state index contributed by atoms with van der Waals surface area (Å²) in [6.07, 6.45) is 0. The highest BCUT2D eigenvalue weighted by molar-refractivity contribution is 6.04. The van der Waals surface area contributed by atoms with Gasteiger partial charge in [0.25, 0.3) is 0 Å². The molecule has 0 bridgehead atoms. The molecule has 4 nitrogen and oxygen atoms in total. The molecule has 0 unspecified atom stereocenters. The molecule has 0 aromatic heterocycles. The van der Waals surface area contributed by atoms with Crippen LogP contribution in [-0.2, 0) is 4.79 Å². The van der Waals surface area contributed by atoms with Gasteiger partial charge in [-0.1, -0.05) is 18.2 Å². The Bertz CT molecular complexity index is 654. The van der Waals surface area contributed by atoms with E-state index >= 15 is 0 Å². The largest absolute Gasteiger partial charge is 0.388 e. The first-order valence-corrected chi connectivity index (χ1v) is 6.61. The molecule has 0 saturated carbocycles. The Morgan fingerprint density at radius 3 is 2.55 bits per heavy atom. The van der Waals surface area contributed by atoms with E-state index in [1.807, 2.05) is 56.6 Å². The first kappa shape index (κ1) is 12.5. The molecular weight excluding hydrogens is 250 g/mol. The van der Waals surface area contributed by atoms with Crippen molar-refractivity contribution in [1.29, 1.82) is 0 Å². The van der Waals surface area contributed by atoms with Crippen LogP contribution in [0.5, 0.6) is 0 Å². The van der Waals surface area contributed by atoms with Crippen molar-refractivity contribution in [2.24, 2.45) is 0 Å². The number of fused-ring (bicyclic) bond motifs is 1. The zero-order valence-corrected chi connectivity index (χ0v) is 11.6. The fraction of sp³-hybridized carbons (Fsp3) is 0.188. The molecule has 4 heteroatoms. The van der Waals surface area contributed by atoms with Gasteiger partial charge in [-0.15, -0.1) is 0 Å². The fourth-order valence-corrected chi connectivity index (χ4v) is 2.50. The maximum atomic E-state index is 12.2. The Balaban J connectivity index is 2.10. The molecule has 1 aliphatic heterocycles. The number of likely N-dealkylation sites (N-methyl/N-ethyl adjacent to an activating group) is 1. The molecule has 0 saturated heterocycles. The molecule has 1 aliphatic rings. The maximum absolute atomic E-state index is 12.2. The zero-order chi connectivity index (χ0) is 14.1. The van der Waals surface area contributed by atoms with Crippen LogP contribution in [0.25, 0.3) is 0 Å². The molecule has 0 aliphatic carbocycles. The van der Waals surface area contributed by atoms with E-state index in [2.05, 4.69) is 16.3 Å². The monoisotopic (exact) mass is 267 g/mol. The quantitative estimate of drug-likeness (QED) is 0.908. The van der Waals surface area contributed by atoms with Crippen LogP contribution in [0.2, 0.25) is 0 Å². The zero-order valence-electron chi connectivity index (χ0n) is 11.6. The van der Waals surface area contributed by atoms with E-state index in [1.165, 1.54) is 0 Å². The normalized spacial score (nSPS) is 14.2. The Labute approximate surface area is 118 Å². The van der Waals surface area contributed by atoms with Crippen LogP contribution in [0.3, 0.4) is 0 Å². The second-order valence-electron chi connectivity index (χ2n) is 4.83. The summed E-state index contributed by atoms with van der Waals surface area (Å²) >= 11 is 0. The molecule has 2 aromatic carbocycles. The SMILES string of the molecule is CNc1cccc(N2CC(=O)N(C)c3ccccc32)c1. The number of para-hydroxylation sites is 2. The lowest BCUT2D eigenvalue weighted by atomic mass is 10.1. The van der Waals surface area contributed by atoms with Crippen LogP contribution < -0.4 is 15.1 Å². The molecule has 1 amide bonds. The van der Waals surface area contributed by atoms with Gasteiger partial charge in [-0.25, -0.2) is 0 Å². The van der Waals surface area contributed by atoms with Crippen molar-refractivity contribution in [1.82, 2.24) is 0 Å². The summed E-state index contributed by atoms with van der Waals surface area (Å²) in [6, 6.07) is 16.0. The molecule has 102 valence electrons. The van der Waals surface area contributed by atoms with E-state index < -0.39 is 0 Å². The van der Waals surface area contributed by atoms with E-state index in [9.17, 15) is 4.79 Å². The highest BCUT2D eigenvalue weighted by atomic mass is 16.2. The van der Waals surface area contributed by atoms with Gasteiger partial charge in [0.15, 0.2) is 0 Å². The van der Waals surface area contributed by atoms with Gasteiger partial charge in [0.05, 0.1) is 11.4 Å². The van der Waals surface area contributed by atoms with Gasteiger partial charge in [-0.3, -0.25) is 4.79 Å². The number of hydrogen-bond acceptors (Lipinski definition) is 3. The molecule has 20 heavy (non-hydrogen) atoms. The first-order chi connectivity index (χ1) is 9.70. The third-order valence-corrected chi connectivity index (χ3v) is 3.65. The lowest BCUT2D eigenvalue weighted by molar-refractivity contribution is -0.117. The number of amides is 1. The molecular formula is C16H17N3O. The molecule has 3 rings (SSSR count). The number of carbonyl (C=O) groups is 1. The Hall–Kier alpha value is -2.49. The minimum Gasteiger partial charge on any atom is -0.388 e. The summed E-state index contributed by atoms with van der Waals surface area (Å²) in [6.45, 7) is 0.362. The van der Waals surface area contributed by atoms with Gasteiger partial charge >= 0.3 is 0 Å². The molecule has 0 spiro atoms. The first-order valence-electron chi connectivity index (χ1n) is 6.61. The topological polar surface area (TPSA) is 35.6 Å². The smallest absolute Gasteiger partial charge is 0.246 e. The van der Waals surface area contributed by atoms with Gasteiger partial charge < -0.3 is 15.1 Å². The standard InChI is InChI=1S/C16H17N3O/c1-17-12-6-5-7-13(10-12)19-11-16(20)18(2)14-8-3-4-9-15(14)19/h3-10,17H,11H2,1-2H3. The maximum Gasteiger partial charge on any atom is 0.246 e. The number of hydrogen-bond donors (Lipinski definition) is 1. The third kappa shape index (κ3) is 1.99. The molecule has 1 N–H and O–H groups in total. The summed E-state index contributed by atoms with van der Waals surface area (Å²) in [5.74, 6) is 0.0959. The molecule has 2 aromatic rings. The van der Waals surface area contributed by atoms with Crippen LogP contribution in [0.15, 0.2) is 48.5 Å². The fourth-order valence-electron chi connectivity index (χ4n) is 2.50. The van der Waals surface area contributed by atoms with Gasteiger partial charge in [0.2, 0.25) is 5.91 Å². The van der Waals surface area contributed by atoms with E-state index in [0.717, 1.165) is 22.7 Å². The van der Waals surface area contributed by atoms with Crippen molar-refractivity contribution in [3.8, 4) is 0 Å². The second kappa shape index (κ2) is 4.89. The third-order valence-electron chi connectivity index (χ3n) is 3.65. The van der Waals surface area contributed by atoms with Gasteiger partial charge in [0, 0.05) is 25.5 Å². The molecule has 0 radical (unpaired) electrons. The van der Waals surface area contributed by atoms with E-state index in [4.69, 9.17) is 0 Å². The van der Waals surface area contributed by atoms with Crippen molar-refractivity contribution < 1.29 is 4.79 Å². The van der Waals surface area contributed by atoms with Crippen molar-refractivity contribution in [2.75, 3.05) is 35.8 Å². The Morgan fingerprint density at radius 1 is 1.05 bits per heavy atom. The molecule has 1 heterocycles. The summed E-state index contributed by atoms with van der Waals surface area (Å²) in [7, 11) is 3.71. The predicted octanol–water partition coefficient (Wildman–Crippen LogP) is 2.84. The number of nitrogens with one attached hydrogen (secondary N) is 1. The van der Waals surface area contributed by atoms with Crippen LogP contribution in [0.4, 0.5) is 22.7 Å². The van der Waals surface area contributed by atoms with Crippen LogP contribution in [-0.4, -0.2) is 26.5 Å². The van der Waals surface area contributed by atoms with Crippen molar-refractivity contribution in [3.05, 3.63) is 48.5 Å².